The van der Waals surface area contributed by atoms with Crippen molar-refractivity contribution in [1.29, 1.82) is 0 Å². The third-order valence-corrected chi connectivity index (χ3v) is 7.13. The van der Waals surface area contributed by atoms with Crippen molar-refractivity contribution < 1.29 is 22.0 Å². The fourth-order valence-corrected chi connectivity index (χ4v) is 5.11. The fourth-order valence-electron chi connectivity index (χ4n) is 3.98. The molecule has 0 bridgehead atoms. The topological polar surface area (TPSA) is 120 Å². The van der Waals surface area contributed by atoms with Gasteiger partial charge in [-0.25, -0.2) is 22.2 Å². The minimum Gasteiger partial charge on any atom is -0.361 e. The fraction of sp³-hybridized carbons (Fsp3) is 0.120. The van der Waals surface area contributed by atoms with Crippen molar-refractivity contribution >= 4 is 49.2 Å². The van der Waals surface area contributed by atoms with Crippen LogP contribution in [0.15, 0.2) is 60.9 Å². The average molecular weight is 510 g/mol. The van der Waals surface area contributed by atoms with E-state index in [0.717, 1.165) is 34.3 Å². The molecule has 36 heavy (non-hydrogen) atoms. The summed E-state index contributed by atoms with van der Waals surface area (Å²) in [6, 6.07) is 13.2. The smallest absolute Gasteiger partial charge is 0.261 e. The third-order valence-electron chi connectivity index (χ3n) is 5.65. The largest absolute Gasteiger partial charge is 0.361 e. The Balaban J connectivity index is 1.41. The first-order chi connectivity index (χ1) is 17.2. The third kappa shape index (κ3) is 4.52. The summed E-state index contributed by atoms with van der Waals surface area (Å²) in [5, 5.41) is 4.17. The molecule has 0 saturated carbocycles. The Bertz CT molecular complexity index is 1730. The van der Waals surface area contributed by atoms with E-state index in [4.69, 9.17) is 0 Å². The molecule has 0 spiro atoms. The number of hydrogen-bond acceptors (Lipinski definition) is 4. The van der Waals surface area contributed by atoms with E-state index in [1.165, 1.54) is 6.20 Å². The maximum Gasteiger partial charge on any atom is 0.261 e. The number of fused-ring (bicyclic) bond motifs is 2. The minimum atomic E-state index is -3.83. The van der Waals surface area contributed by atoms with Gasteiger partial charge in [-0.2, -0.15) is 0 Å². The maximum absolute atomic E-state index is 14.9. The monoisotopic (exact) mass is 509 g/mol. The second-order valence-electron chi connectivity index (χ2n) is 8.28. The molecule has 0 aliphatic carbocycles. The van der Waals surface area contributed by atoms with Gasteiger partial charge in [-0.05, 0) is 54.4 Å². The van der Waals surface area contributed by atoms with E-state index in [-0.39, 0.29) is 11.4 Å². The van der Waals surface area contributed by atoms with Crippen LogP contribution < -0.4 is 10.0 Å². The van der Waals surface area contributed by atoms with Crippen LogP contribution in [0.5, 0.6) is 0 Å². The number of nitrogens with one attached hydrogen (secondary N) is 4. The van der Waals surface area contributed by atoms with Gasteiger partial charge in [0, 0.05) is 28.2 Å². The molecule has 5 aromatic rings. The van der Waals surface area contributed by atoms with E-state index in [2.05, 4.69) is 25.0 Å². The molecule has 11 heteroatoms. The number of nitrogens with zero attached hydrogens (tertiary/aromatic N) is 1. The molecule has 4 N–H and O–H groups in total. The SMILES string of the molecule is CCCS(=O)(=O)Nc1ccc(F)c(C(=O)Nc2cnc3[nH]c(-c4ccc5[nH]ccc5c4)cc3c2)c1F. The van der Waals surface area contributed by atoms with Gasteiger partial charge in [0.15, 0.2) is 5.82 Å². The molecular formula is C25H21F2N5O3S. The van der Waals surface area contributed by atoms with Crippen molar-refractivity contribution in [2.45, 2.75) is 13.3 Å². The number of carbonyl (C=O) groups is 1. The van der Waals surface area contributed by atoms with Crippen LogP contribution in [0.3, 0.4) is 0 Å². The van der Waals surface area contributed by atoms with E-state index in [1.807, 2.05) is 36.5 Å². The molecule has 0 atom stereocenters. The molecule has 0 unspecified atom stereocenters. The number of benzene rings is 2. The first kappa shape index (κ1) is 23.5. The van der Waals surface area contributed by atoms with E-state index in [9.17, 15) is 22.0 Å². The second kappa shape index (κ2) is 9.08. The lowest BCUT2D eigenvalue weighted by Crippen LogP contribution is -2.20. The summed E-state index contributed by atoms with van der Waals surface area (Å²) in [7, 11) is -3.83. The molecule has 3 heterocycles. The Kier molecular flexibility index (Phi) is 5.92. The van der Waals surface area contributed by atoms with E-state index >= 15 is 0 Å². The minimum absolute atomic E-state index is 0.218. The Morgan fingerprint density at radius 3 is 2.69 bits per heavy atom. The summed E-state index contributed by atoms with van der Waals surface area (Å²) in [4.78, 5) is 23.4. The highest BCUT2D eigenvalue weighted by molar-refractivity contribution is 7.92. The number of H-pyrrole nitrogens is 2. The summed E-state index contributed by atoms with van der Waals surface area (Å²) in [6.07, 6.45) is 3.53. The zero-order valence-corrected chi connectivity index (χ0v) is 19.8. The van der Waals surface area contributed by atoms with Crippen LogP contribution in [0.1, 0.15) is 23.7 Å². The summed E-state index contributed by atoms with van der Waals surface area (Å²) < 4.78 is 55.4. The molecule has 0 saturated heterocycles. The van der Waals surface area contributed by atoms with Gasteiger partial charge in [-0.3, -0.25) is 9.52 Å². The van der Waals surface area contributed by atoms with Crippen LogP contribution in [0.2, 0.25) is 0 Å². The molecule has 5 rings (SSSR count). The van der Waals surface area contributed by atoms with Gasteiger partial charge in [-0.15, -0.1) is 0 Å². The van der Waals surface area contributed by atoms with Crippen LogP contribution in [0.25, 0.3) is 33.2 Å². The predicted octanol–water partition coefficient (Wildman–Crippen LogP) is 5.39. The molecule has 3 aromatic heterocycles. The second-order valence-corrected chi connectivity index (χ2v) is 10.1. The van der Waals surface area contributed by atoms with Crippen molar-refractivity contribution in [1.82, 2.24) is 15.0 Å². The van der Waals surface area contributed by atoms with Crippen LogP contribution in [0.4, 0.5) is 20.2 Å². The van der Waals surface area contributed by atoms with Gasteiger partial charge >= 0.3 is 0 Å². The number of pyridine rings is 1. The highest BCUT2D eigenvalue weighted by Gasteiger charge is 2.23. The lowest BCUT2D eigenvalue weighted by atomic mass is 10.1. The van der Waals surface area contributed by atoms with Crippen LogP contribution >= 0.6 is 0 Å². The standard InChI is InChI=1S/C25H21F2N5O3S/c1-2-9-36(34,35)32-20-6-4-18(26)22(23(20)27)25(33)30-17-11-16-12-21(31-24(16)29-13-17)14-3-5-19-15(10-14)7-8-28-19/h3-8,10-13,28,32H,2,9H2,1H3,(H,29,31)(H,30,33). The van der Waals surface area contributed by atoms with E-state index in [1.54, 1.807) is 13.0 Å². The molecule has 2 aromatic carbocycles. The van der Waals surface area contributed by atoms with E-state index < -0.39 is 38.8 Å². The van der Waals surface area contributed by atoms with Gasteiger partial charge in [0.2, 0.25) is 10.0 Å². The zero-order chi connectivity index (χ0) is 25.4. The Morgan fingerprint density at radius 2 is 1.89 bits per heavy atom. The summed E-state index contributed by atoms with van der Waals surface area (Å²) in [5.41, 5.74) is 2.15. The Labute approximate surface area is 204 Å². The maximum atomic E-state index is 14.9. The first-order valence-corrected chi connectivity index (χ1v) is 12.8. The molecule has 0 aliphatic rings. The lowest BCUT2D eigenvalue weighted by Gasteiger charge is -2.12. The molecule has 0 fully saturated rings. The van der Waals surface area contributed by atoms with Crippen molar-refractivity contribution in [3.8, 4) is 11.3 Å². The number of anilines is 2. The normalized spacial score (nSPS) is 11.8. The van der Waals surface area contributed by atoms with Crippen LogP contribution in [-0.2, 0) is 10.0 Å². The highest BCUT2D eigenvalue weighted by Crippen LogP contribution is 2.28. The predicted molar refractivity (Wildman–Crippen MR) is 135 cm³/mol. The van der Waals surface area contributed by atoms with Gasteiger partial charge in [0.05, 0.1) is 23.3 Å². The van der Waals surface area contributed by atoms with Crippen LogP contribution in [-0.4, -0.2) is 35.0 Å². The highest BCUT2D eigenvalue weighted by atomic mass is 32.2. The van der Waals surface area contributed by atoms with Crippen molar-refractivity contribution in [3.63, 3.8) is 0 Å². The number of amides is 1. The summed E-state index contributed by atoms with van der Waals surface area (Å²) in [5.74, 6) is -3.74. The Hall–Kier alpha value is -4.25. The number of rotatable bonds is 7. The van der Waals surface area contributed by atoms with Gasteiger partial charge in [0.25, 0.3) is 5.91 Å². The molecule has 0 radical (unpaired) electrons. The van der Waals surface area contributed by atoms with Gasteiger partial charge in [-0.1, -0.05) is 13.0 Å². The number of halogens is 2. The molecular weight excluding hydrogens is 488 g/mol. The average Bonchev–Trinajstić information content (AvgIpc) is 3.47. The number of hydrogen-bond donors (Lipinski definition) is 4. The number of sulfonamides is 1. The number of aromatic nitrogens is 3. The van der Waals surface area contributed by atoms with Crippen molar-refractivity contribution in [2.24, 2.45) is 0 Å². The van der Waals surface area contributed by atoms with Gasteiger partial charge in [0.1, 0.15) is 17.0 Å². The summed E-state index contributed by atoms with van der Waals surface area (Å²) in [6.45, 7) is 1.65. The van der Waals surface area contributed by atoms with Crippen LogP contribution in [0, 0.1) is 11.6 Å². The molecule has 1 amide bonds. The van der Waals surface area contributed by atoms with Crippen molar-refractivity contribution in [2.75, 3.05) is 15.8 Å². The molecule has 8 nitrogen and oxygen atoms in total. The Morgan fingerprint density at radius 1 is 1.06 bits per heavy atom. The van der Waals surface area contributed by atoms with Gasteiger partial charge < -0.3 is 15.3 Å². The zero-order valence-electron chi connectivity index (χ0n) is 19.0. The van der Waals surface area contributed by atoms with Crippen molar-refractivity contribution in [3.05, 3.63) is 78.1 Å². The molecule has 0 aliphatic heterocycles. The quantitative estimate of drug-likeness (QED) is 0.235. The lowest BCUT2D eigenvalue weighted by molar-refractivity contribution is 0.101. The summed E-state index contributed by atoms with van der Waals surface area (Å²) >= 11 is 0. The van der Waals surface area contributed by atoms with E-state index in [0.29, 0.717) is 17.5 Å². The number of carbonyl (C=O) groups excluding carboxylic acids is 1. The molecule has 184 valence electrons. The first-order valence-electron chi connectivity index (χ1n) is 11.1. The number of aromatic amines is 2.